The van der Waals surface area contributed by atoms with E-state index in [0.717, 1.165) is 16.0 Å². The average molecular weight is 301 g/mol. The van der Waals surface area contributed by atoms with Gasteiger partial charge in [0.25, 0.3) is 0 Å². The zero-order chi connectivity index (χ0) is 14.1. The Hall–Kier alpha value is -0.110. The number of rotatable bonds is 2. The van der Waals surface area contributed by atoms with Gasteiger partial charge in [0.15, 0.2) is 11.8 Å². The zero-order valence-corrected chi connectivity index (χ0v) is 14.6. The van der Waals surface area contributed by atoms with Crippen molar-refractivity contribution in [2.45, 2.75) is 57.3 Å². The molecule has 0 saturated heterocycles. The van der Waals surface area contributed by atoms with Crippen LogP contribution in [-0.2, 0) is 22.6 Å². The second-order valence-corrected chi connectivity index (χ2v) is 10.0. The molecule has 1 unspecified atom stereocenters. The van der Waals surface area contributed by atoms with Crippen LogP contribution in [0.15, 0.2) is 17.0 Å². The summed E-state index contributed by atoms with van der Waals surface area (Å²) in [6.45, 7) is 13.2. The van der Waals surface area contributed by atoms with E-state index in [1.165, 1.54) is 0 Å². The normalized spacial score (nSPS) is 13.0. The Bertz CT molecular complexity index is 421. The molecule has 1 rings (SSSR count). The average Bonchev–Trinajstić information content (AvgIpc) is 2.17. The molecule has 0 heterocycles. The fourth-order valence-electron chi connectivity index (χ4n) is 1.86. The summed E-state index contributed by atoms with van der Waals surface area (Å²) >= 11 is 6.74. The molecule has 0 spiro atoms. The molecule has 0 fully saturated rings. The van der Waals surface area contributed by atoms with E-state index in [1.807, 2.05) is 0 Å². The molecule has 0 saturated carbocycles. The molecule has 1 aromatic rings. The van der Waals surface area contributed by atoms with E-state index in [1.54, 1.807) is 11.4 Å². The SMILES string of the molecule is CC(C)(C)c1cc(S[PH+]=S)cc(C(C)(C)C)c1O. The van der Waals surface area contributed by atoms with Crippen molar-refractivity contribution >= 4 is 29.7 Å². The van der Waals surface area contributed by atoms with Gasteiger partial charge in [-0.15, -0.1) is 0 Å². The van der Waals surface area contributed by atoms with Crippen LogP contribution in [0.3, 0.4) is 0 Å². The molecule has 100 valence electrons. The number of phenols is 1. The third kappa shape index (κ3) is 3.69. The lowest BCUT2D eigenvalue weighted by Crippen LogP contribution is -2.17. The molecule has 1 aromatic carbocycles. The summed E-state index contributed by atoms with van der Waals surface area (Å²) in [5.41, 5.74) is 1.88. The molecule has 1 N–H and O–H groups in total. The van der Waals surface area contributed by atoms with Crippen molar-refractivity contribution < 1.29 is 5.11 Å². The molecule has 18 heavy (non-hydrogen) atoms. The Morgan fingerprint density at radius 2 is 1.39 bits per heavy atom. The molecule has 1 atom stereocenters. The van der Waals surface area contributed by atoms with Gasteiger partial charge in [-0.2, -0.15) is 0 Å². The van der Waals surface area contributed by atoms with Crippen molar-refractivity contribution in [3.05, 3.63) is 23.3 Å². The molecule has 0 aliphatic heterocycles. The fraction of sp³-hybridized carbons (Fsp3) is 0.571. The molecular formula is C14H22OPS2+. The van der Waals surface area contributed by atoms with Crippen LogP contribution in [0, 0.1) is 0 Å². The van der Waals surface area contributed by atoms with Gasteiger partial charge < -0.3 is 5.11 Å². The Morgan fingerprint density at radius 1 is 1.00 bits per heavy atom. The Kier molecular flexibility index (Phi) is 4.86. The largest absolute Gasteiger partial charge is 0.507 e. The van der Waals surface area contributed by atoms with Crippen LogP contribution in [0.5, 0.6) is 5.75 Å². The smallest absolute Gasteiger partial charge is 0.235 e. The quantitative estimate of drug-likeness (QED) is 0.764. The summed E-state index contributed by atoms with van der Waals surface area (Å²) in [5.74, 6) is 0.437. The fourth-order valence-corrected chi connectivity index (χ4v) is 3.82. The summed E-state index contributed by atoms with van der Waals surface area (Å²) in [6, 6.07) is 4.16. The van der Waals surface area contributed by atoms with Crippen molar-refractivity contribution in [3.63, 3.8) is 0 Å². The van der Waals surface area contributed by atoms with Gasteiger partial charge in [0, 0.05) is 11.1 Å². The molecule has 1 nitrogen and oxygen atoms in total. The molecule has 0 aliphatic rings. The first-order valence-corrected chi connectivity index (χ1v) is 9.66. The lowest BCUT2D eigenvalue weighted by atomic mass is 9.79. The molecule has 0 aliphatic carbocycles. The molecular weight excluding hydrogens is 279 g/mol. The summed E-state index contributed by atoms with van der Waals surface area (Å²) in [7, 11) is 0. The topological polar surface area (TPSA) is 20.2 Å². The van der Waals surface area contributed by atoms with Gasteiger partial charge in [-0.1, -0.05) is 41.5 Å². The van der Waals surface area contributed by atoms with Gasteiger partial charge in [-0.05, 0) is 23.0 Å². The van der Waals surface area contributed by atoms with E-state index in [4.69, 9.17) is 11.8 Å². The van der Waals surface area contributed by atoms with E-state index >= 15 is 0 Å². The molecule has 0 radical (unpaired) electrons. The maximum absolute atomic E-state index is 10.5. The molecule has 0 amide bonds. The van der Waals surface area contributed by atoms with Gasteiger partial charge >= 0.3 is 0 Å². The minimum Gasteiger partial charge on any atom is -0.507 e. The van der Waals surface area contributed by atoms with Gasteiger partial charge in [-0.25, -0.2) is 0 Å². The number of benzene rings is 1. The van der Waals surface area contributed by atoms with Gasteiger partial charge in [0.05, 0.1) is 4.90 Å². The van der Waals surface area contributed by atoms with Crippen molar-refractivity contribution in [2.24, 2.45) is 0 Å². The highest BCUT2D eigenvalue weighted by Gasteiger charge is 2.27. The molecule has 4 heteroatoms. The van der Waals surface area contributed by atoms with Crippen molar-refractivity contribution in [1.29, 1.82) is 0 Å². The summed E-state index contributed by atoms with van der Waals surface area (Å²) in [6.07, 6.45) is 0. The minimum atomic E-state index is -0.0643. The Balaban J connectivity index is 3.53. The second kappa shape index (κ2) is 5.48. The van der Waals surface area contributed by atoms with Gasteiger partial charge in [-0.3, -0.25) is 0 Å². The van der Waals surface area contributed by atoms with E-state index < -0.39 is 0 Å². The predicted molar refractivity (Wildman–Crippen MR) is 87.0 cm³/mol. The van der Waals surface area contributed by atoms with Crippen molar-refractivity contribution in [2.75, 3.05) is 0 Å². The van der Waals surface area contributed by atoms with Crippen LogP contribution in [0.2, 0.25) is 0 Å². The van der Waals surface area contributed by atoms with Crippen LogP contribution >= 0.6 is 17.9 Å². The highest BCUT2D eigenvalue weighted by Crippen LogP contribution is 2.43. The van der Waals surface area contributed by atoms with Crippen LogP contribution in [0.1, 0.15) is 52.7 Å². The van der Waals surface area contributed by atoms with Crippen LogP contribution in [0.4, 0.5) is 0 Å². The third-order valence-corrected chi connectivity index (χ3v) is 5.12. The second-order valence-electron chi connectivity index (χ2n) is 6.55. The summed E-state index contributed by atoms with van der Waals surface area (Å²) < 4.78 is 0. The monoisotopic (exact) mass is 301 g/mol. The molecule has 0 aromatic heterocycles. The highest BCUT2D eigenvalue weighted by atomic mass is 32.9. The zero-order valence-electron chi connectivity index (χ0n) is 11.9. The number of hydrogen-bond donors (Lipinski definition) is 1. The van der Waals surface area contributed by atoms with E-state index in [-0.39, 0.29) is 10.8 Å². The number of phenolic OH excluding ortho intramolecular Hbond substituents is 1. The van der Waals surface area contributed by atoms with Gasteiger partial charge in [0.2, 0.25) is 6.56 Å². The van der Waals surface area contributed by atoms with Crippen LogP contribution in [0.25, 0.3) is 0 Å². The maximum Gasteiger partial charge on any atom is 0.235 e. The van der Waals surface area contributed by atoms with Crippen LogP contribution < -0.4 is 0 Å². The standard InChI is InChI=1S/C14H21OPS2/c1-13(2,3)10-7-9(18-16-17)8-11(12(10)15)14(4,5)6/h7-8,15H,1-6H3/p+1. The van der Waals surface area contributed by atoms with Gasteiger partial charge in [0.1, 0.15) is 17.1 Å². The predicted octanol–water partition coefficient (Wildman–Crippen LogP) is 5.13. The highest BCUT2D eigenvalue weighted by molar-refractivity contribution is 8.58. The van der Waals surface area contributed by atoms with Crippen LogP contribution in [-0.4, -0.2) is 5.11 Å². The first-order valence-electron chi connectivity index (χ1n) is 5.99. The number of aromatic hydroxyl groups is 1. The van der Waals surface area contributed by atoms with Crippen molar-refractivity contribution in [1.82, 2.24) is 0 Å². The number of hydrogen-bond acceptors (Lipinski definition) is 3. The van der Waals surface area contributed by atoms with E-state index in [0.29, 0.717) is 12.3 Å². The maximum atomic E-state index is 10.5. The molecule has 0 bridgehead atoms. The first-order chi connectivity index (χ1) is 8.07. The Labute approximate surface area is 121 Å². The Morgan fingerprint density at radius 3 is 1.67 bits per heavy atom. The van der Waals surface area contributed by atoms with E-state index in [2.05, 4.69) is 53.7 Å². The third-order valence-electron chi connectivity index (χ3n) is 2.86. The lowest BCUT2D eigenvalue weighted by molar-refractivity contribution is 0.422. The first kappa shape index (κ1) is 15.9. The lowest BCUT2D eigenvalue weighted by Gasteiger charge is -2.27. The van der Waals surface area contributed by atoms with E-state index in [9.17, 15) is 5.11 Å². The summed E-state index contributed by atoms with van der Waals surface area (Å²) in [5, 5.41) is 10.5. The summed E-state index contributed by atoms with van der Waals surface area (Å²) in [4.78, 5) is 1.16. The minimum absolute atomic E-state index is 0.0643. The van der Waals surface area contributed by atoms with Crippen molar-refractivity contribution in [3.8, 4) is 5.75 Å².